The fraction of sp³-hybridized carbons (Fsp3) is 0.143. The van der Waals surface area contributed by atoms with Crippen molar-refractivity contribution >= 4 is 39.4 Å². The molecular formula is C21H16BrClN2O3. The minimum atomic E-state index is -0.413. The van der Waals surface area contributed by atoms with Gasteiger partial charge in [0.15, 0.2) is 5.76 Å². The number of nitrogens with zero attached hydrogens (tertiary/aromatic N) is 1. The molecule has 0 atom stereocenters. The summed E-state index contributed by atoms with van der Waals surface area (Å²) in [5.74, 6) is 0.291. The standard InChI is InChI=1S/C21H16BrClN2O3/c1-2-27-18(26)12-25-21-19(13-6-8-15(22)9-7-13)17(11-24)20(28-21)14-4-3-5-16(23)10-14/h3-10,25H,2,12H2,1H3. The van der Waals surface area contributed by atoms with Gasteiger partial charge < -0.3 is 14.5 Å². The van der Waals surface area contributed by atoms with E-state index in [1.807, 2.05) is 30.3 Å². The molecule has 0 saturated heterocycles. The molecule has 142 valence electrons. The van der Waals surface area contributed by atoms with E-state index in [1.165, 1.54) is 0 Å². The van der Waals surface area contributed by atoms with Crippen molar-refractivity contribution in [2.75, 3.05) is 18.5 Å². The molecule has 0 unspecified atom stereocenters. The van der Waals surface area contributed by atoms with E-state index in [4.69, 9.17) is 20.8 Å². The molecule has 1 heterocycles. The number of hydrogen-bond donors (Lipinski definition) is 1. The van der Waals surface area contributed by atoms with Crippen molar-refractivity contribution in [2.24, 2.45) is 0 Å². The van der Waals surface area contributed by atoms with E-state index in [9.17, 15) is 10.1 Å². The average molecular weight is 460 g/mol. The van der Waals surface area contributed by atoms with Crippen LogP contribution in [0.3, 0.4) is 0 Å². The Labute approximate surface area is 176 Å². The first kappa shape index (κ1) is 20.0. The third kappa shape index (κ3) is 4.38. The Balaban J connectivity index is 2.12. The predicted octanol–water partition coefficient (Wildman–Crippen LogP) is 5.88. The van der Waals surface area contributed by atoms with Gasteiger partial charge in [-0.15, -0.1) is 0 Å². The van der Waals surface area contributed by atoms with Crippen molar-refractivity contribution in [3.05, 3.63) is 63.6 Å². The summed E-state index contributed by atoms with van der Waals surface area (Å²) in [4.78, 5) is 11.8. The van der Waals surface area contributed by atoms with E-state index >= 15 is 0 Å². The van der Waals surface area contributed by atoms with E-state index in [0.29, 0.717) is 33.4 Å². The van der Waals surface area contributed by atoms with Crippen molar-refractivity contribution in [3.63, 3.8) is 0 Å². The Morgan fingerprint density at radius 1 is 1.25 bits per heavy atom. The molecule has 2 aromatic carbocycles. The lowest BCUT2D eigenvalue weighted by Crippen LogP contribution is -2.16. The number of anilines is 1. The summed E-state index contributed by atoms with van der Waals surface area (Å²) in [5.41, 5.74) is 2.39. The zero-order chi connectivity index (χ0) is 20.1. The highest BCUT2D eigenvalue weighted by Crippen LogP contribution is 2.41. The van der Waals surface area contributed by atoms with Crippen LogP contribution in [0.5, 0.6) is 0 Å². The van der Waals surface area contributed by atoms with Gasteiger partial charge in [-0.3, -0.25) is 4.79 Å². The van der Waals surface area contributed by atoms with Crippen LogP contribution in [0.15, 0.2) is 57.4 Å². The highest BCUT2D eigenvalue weighted by Gasteiger charge is 2.23. The lowest BCUT2D eigenvalue weighted by atomic mass is 10.00. The van der Waals surface area contributed by atoms with Gasteiger partial charge in [-0.2, -0.15) is 5.26 Å². The Morgan fingerprint density at radius 3 is 2.64 bits per heavy atom. The first-order chi connectivity index (χ1) is 13.5. The molecule has 0 fully saturated rings. The van der Waals surface area contributed by atoms with Crippen LogP contribution in [0.4, 0.5) is 5.88 Å². The predicted molar refractivity (Wildman–Crippen MR) is 112 cm³/mol. The van der Waals surface area contributed by atoms with Crippen LogP contribution in [-0.2, 0) is 9.53 Å². The van der Waals surface area contributed by atoms with Crippen LogP contribution < -0.4 is 5.32 Å². The Bertz CT molecular complexity index is 1040. The van der Waals surface area contributed by atoms with Crippen molar-refractivity contribution in [1.29, 1.82) is 5.26 Å². The molecule has 0 aliphatic rings. The number of furan rings is 1. The molecule has 28 heavy (non-hydrogen) atoms. The summed E-state index contributed by atoms with van der Waals surface area (Å²) in [6.45, 7) is 1.95. The van der Waals surface area contributed by atoms with E-state index in [-0.39, 0.29) is 13.2 Å². The van der Waals surface area contributed by atoms with Crippen molar-refractivity contribution in [3.8, 4) is 28.5 Å². The molecule has 0 radical (unpaired) electrons. The minimum Gasteiger partial charge on any atom is -0.465 e. The topological polar surface area (TPSA) is 75.3 Å². The normalized spacial score (nSPS) is 10.4. The van der Waals surface area contributed by atoms with Gasteiger partial charge >= 0.3 is 5.97 Å². The number of esters is 1. The van der Waals surface area contributed by atoms with E-state index in [1.54, 1.807) is 25.1 Å². The fourth-order valence-corrected chi connectivity index (χ4v) is 3.21. The smallest absolute Gasteiger partial charge is 0.325 e. The van der Waals surface area contributed by atoms with Gasteiger partial charge in [-0.1, -0.05) is 51.8 Å². The van der Waals surface area contributed by atoms with Crippen LogP contribution in [0, 0.1) is 11.3 Å². The molecule has 0 bridgehead atoms. The van der Waals surface area contributed by atoms with Gasteiger partial charge in [0.25, 0.3) is 0 Å². The second kappa shape index (κ2) is 8.96. The fourth-order valence-electron chi connectivity index (χ4n) is 2.75. The maximum absolute atomic E-state index is 11.8. The van der Waals surface area contributed by atoms with Crippen molar-refractivity contribution < 1.29 is 13.9 Å². The largest absolute Gasteiger partial charge is 0.465 e. The number of nitriles is 1. The monoisotopic (exact) mass is 458 g/mol. The summed E-state index contributed by atoms with van der Waals surface area (Å²) >= 11 is 9.51. The second-order valence-corrected chi connectivity index (χ2v) is 7.15. The molecule has 0 saturated carbocycles. The highest BCUT2D eigenvalue weighted by atomic mass is 79.9. The Kier molecular flexibility index (Phi) is 6.40. The first-order valence-electron chi connectivity index (χ1n) is 8.51. The maximum atomic E-state index is 11.8. The molecule has 0 aliphatic carbocycles. The number of hydrogen-bond acceptors (Lipinski definition) is 5. The van der Waals surface area contributed by atoms with Gasteiger partial charge in [-0.05, 0) is 36.8 Å². The quantitative estimate of drug-likeness (QED) is 0.466. The lowest BCUT2D eigenvalue weighted by Gasteiger charge is -2.06. The van der Waals surface area contributed by atoms with Gasteiger partial charge in [-0.25, -0.2) is 0 Å². The number of nitrogens with one attached hydrogen (secondary N) is 1. The van der Waals surface area contributed by atoms with Gasteiger partial charge in [0.05, 0.1) is 12.2 Å². The number of halogens is 2. The number of carbonyl (C=O) groups excluding carboxylic acids is 1. The molecular weight excluding hydrogens is 444 g/mol. The van der Waals surface area contributed by atoms with E-state index in [0.717, 1.165) is 10.0 Å². The van der Waals surface area contributed by atoms with Crippen LogP contribution in [0.1, 0.15) is 12.5 Å². The van der Waals surface area contributed by atoms with Crippen LogP contribution >= 0.6 is 27.5 Å². The number of rotatable bonds is 6. The maximum Gasteiger partial charge on any atom is 0.325 e. The summed E-state index contributed by atoms with van der Waals surface area (Å²) in [7, 11) is 0. The molecule has 0 spiro atoms. The molecule has 1 aromatic heterocycles. The molecule has 3 rings (SSSR count). The Morgan fingerprint density at radius 2 is 2.00 bits per heavy atom. The molecule has 5 nitrogen and oxygen atoms in total. The third-order valence-corrected chi connectivity index (χ3v) is 4.70. The first-order valence-corrected chi connectivity index (χ1v) is 9.68. The third-order valence-electron chi connectivity index (χ3n) is 3.94. The van der Waals surface area contributed by atoms with Crippen molar-refractivity contribution in [2.45, 2.75) is 6.92 Å². The van der Waals surface area contributed by atoms with Gasteiger partial charge in [0.1, 0.15) is 18.2 Å². The lowest BCUT2D eigenvalue weighted by molar-refractivity contribution is -0.140. The van der Waals surface area contributed by atoms with Gasteiger partial charge in [0, 0.05) is 15.1 Å². The molecule has 3 aromatic rings. The number of carbonyl (C=O) groups is 1. The van der Waals surface area contributed by atoms with Crippen LogP contribution in [0.2, 0.25) is 5.02 Å². The molecule has 7 heteroatoms. The molecule has 0 aliphatic heterocycles. The number of benzene rings is 2. The molecule has 1 N–H and O–H groups in total. The van der Waals surface area contributed by atoms with Crippen LogP contribution in [0.25, 0.3) is 22.5 Å². The highest BCUT2D eigenvalue weighted by molar-refractivity contribution is 9.10. The van der Waals surface area contributed by atoms with E-state index in [2.05, 4.69) is 27.3 Å². The van der Waals surface area contributed by atoms with Gasteiger partial charge in [0.2, 0.25) is 5.88 Å². The number of ether oxygens (including phenoxy) is 1. The Hall–Kier alpha value is -2.75. The zero-order valence-corrected chi connectivity index (χ0v) is 17.3. The van der Waals surface area contributed by atoms with Crippen molar-refractivity contribution in [1.82, 2.24) is 0 Å². The summed E-state index contributed by atoms with van der Waals surface area (Å²) in [6, 6.07) is 16.8. The SMILES string of the molecule is CCOC(=O)CNc1oc(-c2cccc(Cl)c2)c(C#N)c1-c1ccc(Br)cc1. The summed E-state index contributed by atoms with van der Waals surface area (Å²) in [6.07, 6.45) is 0. The second-order valence-electron chi connectivity index (χ2n) is 5.80. The zero-order valence-electron chi connectivity index (χ0n) is 15.0. The van der Waals surface area contributed by atoms with E-state index < -0.39 is 5.97 Å². The summed E-state index contributed by atoms with van der Waals surface area (Å²) < 4.78 is 11.8. The average Bonchev–Trinajstić information content (AvgIpc) is 3.06. The minimum absolute atomic E-state index is 0.0786. The van der Waals surface area contributed by atoms with Crippen LogP contribution in [-0.4, -0.2) is 19.1 Å². The molecule has 0 amide bonds. The summed E-state index contributed by atoms with van der Waals surface area (Å²) in [5, 5.41) is 13.3.